The molecule has 0 aromatic carbocycles. The van der Waals surface area contributed by atoms with E-state index in [0.717, 1.165) is 0 Å². The minimum absolute atomic E-state index is 0.0408. The Balaban J connectivity index is 2.18. The third-order valence-corrected chi connectivity index (χ3v) is 6.41. The largest absolute Gasteiger partial charge is 0.444 e. The zero-order valence-corrected chi connectivity index (χ0v) is 20.9. The molecule has 4 atom stereocenters. The topological polar surface area (TPSA) is 122 Å². The summed E-state index contributed by atoms with van der Waals surface area (Å²) in [6.45, 7) is 10.2. The summed E-state index contributed by atoms with van der Waals surface area (Å²) in [5, 5.41) is 2.76. The number of carbonyl (C=O) groups is 4. The number of fused-ring (bicyclic) bond motifs is 1. The second kappa shape index (κ2) is 10.8. The molecule has 2 rings (SSSR count). The normalized spacial score (nSPS) is 22.7. The van der Waals surface area contributed by atoms with Crippen LogP contribution in [0.3, 0.4) is 0 Å². The number of carbonyl (C=O) groups excluding carboxylic acids is 4. The number of amides is 4. The highest BCUT2D eigenvalue weighted by molar-refractivity contribution is 7.98. The van der Waals surface area contributed by atoms with Crippen LogP contribution < -0.4 is 11.1 Å². The molecule has 4 amide bonds. The van der Waals surface area contributed by atoms with Crippen LogP contribution in [0.15, 0.2) is 0 Å². The molecule has 0 spiro atoms. The minimum atomic E-state index is -0.778. The molecule has 10 heteroatoms. The van der Waals surface area contributed by atoms with Crippen LogP contribution in [0.4, 0.5) is 4.79 Å². The molecule has 9 nitrogen and oxygen atoms in total. The van der Waals surface area contributed by atoms with E-state index in [9.17, 15) is 19.2 Å². The molecule has 0 bridgehead atoms. The fourth-order valence-electron chi connectivity index (χ4n) is 4.31. The number of nitrogens with two attached hydrogens (primary N) is 1. The summed E-state index contributed by atoms with van der Waals surface area (Å²) >= 11 is 1.56. The van der Waals surface area contributed by atoms with Crippen LogP contribution in [0, 0.1) is 11.8 Å². The van der Waals surface area contributed by atoms with Crippen LogP contribution in [0.25, 0.3) is 0 Å². The number of rotatable bonds is 9. The quantitative estimate of drug-likeness (QED) is 0.528. The van der Waals surface area contributed by atoms with Crippen LogP contribution in [0.2, 0.25) is 0 Å². The van der Waals surface area contributed by atoms with Gasteiger partial charge in [-0.1, -0.05) is 13.8 Å². The van der Waals surface area contributed by atoms with Gasteiger partial charge < -0.3 is 20.7 Å². The molecule has 0 radical (unpaired) electrons. The Hall–Kier alpha value is -1.97. The predicted octanol–water partition coefficient (Wildman–Crippen LogP) is 1.59. The fourth-order valence-corrected chi connectivity index (χ4v) is 4.78. The highest BCUT2D eigenvalue weighted by Crippen LogP contribution is 2.35. The van der Waals surface area contributed by atoms with E-state index in [1.165, 1.54) is 4.90 Å². The minimum Gasteiger partial charge on any atom is -0.444 e. The van der Waals surface area contributed by atoms with Crippen molar-refractivity contribution in [2.45, 2.75) is 77.6 Å². The number of hydrogen-bond donors (Lipinski definition) is 2. The molecule has 2 fully saturated rings. The Morgan fingerprint density at radius 1 is 1.28 bits per heavy atom. The lowest BCUT2D eigenvalue weighted by Gasteiger charge is -2.32. The molecule has 2 heterocycles. The van der Waals surface area contributed by atoms with E-state index in [4.69, 9.17) is 10.5 Å². The average molecular weight is 471 g/mol. The van der Waals surface area contributed by atoms with Gasteiger partial charge in [0.25, 0.3) is 0 Å². The van der Waals surface area contributed by atoms with Gasteiger partial charge in [0.1, 0.15) is 23.7 Å². The maximum absolute atomic E-state index is 13.4. The molecule has 0 aromatic rings. The predicted molar refractivity (Wildman–Crippen MR) is 124 cm³/mol. The smallest absolute Gasteiger partial charge is 0.410 e. The van der Waals surface area contributed by atoms with Gasteiger partial charge in [0, 0.05) is 19.0 Å². The lowest BCUT2D eigenvalue weighted by atomic mass is 10.0. The number of hydrogen-bond acceptors (Lipinski definition) is 6. The maximum Gasteiger partial charge on any atom is 0.410 e. The number of ether oxygens (including phenoxy) is 1. The van der Waals surface area contributed by atoms with E-state index in [-0.39, 0.29) is 23.7 Å². The monoisotopic (exact) mass is 470 g/mol. The van der Waals surface area contributed by atoms with E-state index < -0.39 is 35.7 Å². The number of thioether (sulfide) groups is 1. The summed E-state index contributed by atoms with van der Waals surface area (Å²) in [4.78, 5) is 54.1. The molecule has 0 saturated carbocycles. The van der Waals surface area contributed by atoms with Gasteiger partial charge >= 0.3 is 6.09 Å². The molecular formula is C22H38N4O5S. The highest BCUT2D eigenvalue weighted by Gasteiger charge is 2.52. The van der Waals surface area contributed by atoms with Crippen molar-refractivity contribution in [3.05, 3.63) is 0 Å². The molecule has 2 aliphatic heterocycles. The van der Waals surface area contributed by atoms with Gasteiger partial charge in [0.05, 0.1) is 0 Å². The third-order valence-electron chi connectivity index (χ3n) is 5.76. The Labute approximate surface area is 195 Å². The second-order valence-corrected chi connectivity index (χ2v) is 11.0. The standard InChI is InChI=1S/C22H38N4O5S/c1-13(2)11-16(19(28)24-15(18(23)27)8-10-32-6)26-12-14-7-9-25(17(14)20(26)29)21(30)31-22(3,4)5/h13-17H,7-12H2,1-6H3,(H2,23,27)(H,24,28)/t14-,15-,16+,17-/m0/s1. The zero-order valence-electron chi connectivity index (χ0n) is 20.1. The van der Waals surface area contributed by atoms with E-state index in [2.05, 4.69) is 5.32 Å². The summed E-state index contributed by atoms with van der Waals surface area (Å²) in [6, 6.07) is -2.11. The van der Waals surface area contributed by atoms with Crippen LogP contribution in [-0.2, 0) is 19.1 Å². The van der Waals surface area contributed by atoms with Gasteiger partial charge in [-0.3, -0.25) is 19.3 Å². The van der Waals surface area contributed by atoms with Crippen LogP contribution >= 0.6 is 11.8 Å². The van der Waals surface area contributed by atoms with Crippen molar-refractivity contribution in [3.63, 3.8) is 0 Å². The van der Waals surface area contributed by atoms with Crippen molar-refractivity contribution in [2.75, 3.05) is 25.1 Å². The van der Waals surface area contributed by atoms with E-state index >= 15 is 0 Å². The first-order valence-electron chi connectivity index (χ1n) is 11.2. The van der Waals surface area contributed by atoms with Crippen molar-refractivity contribution >= 4 is 35.6 Å². The highest BCUT2D eigenvalue weighted by atomic mass is 32.2. The third kappa shape index (κ3) is 6.52. The first kappa shape index (κ1) is 26.3. The first-order chi connectivity index (χ1) is 14.9. The SMILES string of the molecule is CSCC[C@H](NC(=O)[C@@H](CC(C)C)N1C[C@@H]2CCN(C(=O)OC(C)(C)C)[C@@H]2C1=O)C(N)=O. The Bertz CT molecular complexity index is 724. The number of nitrogens with zero attached hydrogens (tertiary/aromatic N) is 2. The fraction of sp³-hybridized carbons (Fsp3) is 0.818. The Morgan fingerprint density at radius 2 is 1.94 bits per heavy atom. The van der Waals surface area contributed by atoms with E-state index in [1.807, 2.05) is 20.1 Å². The summed E-state index contributed by atoms with van der Waals surface area (Å²) in [5.74, 6) is -0.406. The lowest BCUT2D eigenvalue weighted by molar-refractivity contribution is -0.141. The van der Waals surface area contributed by atoms with Gasteiger partial charge in [0.15, 0.2) is 0 Å². The van der Waals surface area contributed by atoms with Gasteiger partial charge in [-0.25, -0.2) is 4.79 Å². The zero-order chi connectivity index (χ0) is 24.2. The summed E-state index contributed by atoms with van der Waals surface area (Å²) < 4.78 is 5.49. The molecule has 2 saturated heterocycles. The molecule has 0 aromatic heterocycles. The van der Waals surface area contributed by atoms with Crippen LogP contribution in [0.5, 0.6) is 0 Å². The van der Waals surface area contributed by atoms with Crippen molar-refractivity contribution in [3.8, 4) is 0 Å². The second-order valence-electron chi connectivity index (χ2n) is 10.0. The molecule has 2 aliphatic rings. The van der Waals surface area contributed by atoms with Crippen molar-refractivity contribution < 1.29 is 23.9 Å². The number of nitrogens with one attached hydrogen (secondary N) is 1. The molecule has 3 N–H and O–H groups in total. The molecule has 0 aliphatic carbocycles. The summed E-state index contributed by atoms with van der Waals surface area (Å²) in [7, 11) is 0. The van der Waals surface area contributed by atoms with Gasteiger partial charge in [0.2, 0.25) is 17.7 Å². The average Bonchev–Trinajstić information content (AvgIpc) is 3.21. The molecule has 0 unspecified atom stereocenters. The summed E-state index contributed by atoms with van der Waals surface area (Å²) in [6.07, 6.45) is 2.98. The van der Waals surface area contributed by atoms with Crippen LogP contribution in [-0.4, -0.2) is 82.4 Å². The van der Waals surface area contributed by atoms with Gasteiger partial charge in [-0.15, -0.1) is 0 Å². The summed E-state index contributed by atoms with van der Waals surface area (Å²) in [5.41, 5.74) is 4.83. The number of likely N-dealkylation sites (tertiary alicyclic amines) is 2. The maximum atomic E-state index is 13.4. The van der Waals surface area contributed by atoms with Crippen molar-refractivity contribution in [1.82, 2.24) is 15.1 Å². The molecular weight excluding hydrogens is 432 g/mol. The van der Waals surface area contributed by atoms with Gasteiger partial charge in [-0.05, 0) is 58.0 Å². The lowest BCUT2D eigenvalue weighted by Crippen LogP contribution is -2.55. The number of primary amides is 1. The Kier molecular flexibility index (Phi) is 8.84. The van der Waals surface area contributed by atoms with E-state index in [1.54, 1.807) is 37.4 Å². The Morgan fingerprint density at radius 3 is 2.47 bits per heavy atom. The van der Waals surface area contributed by atoms with Crippen molar-refractivity contribution in [1.29, 1.82) is 0 Å². The van der Waals surface area contributed by atoms with Crippen molar-refractivity contribution in [2.24, 2.45) is 17.6 Å². The van der Waals surface area contributed by atoms with E-state index in [0.29, 0.717) is 38.1 Å². The molecule has 32 heavy (non-hydrogen) atoms. The van der Waals surface area contributed by atoms with Crippen LogP contribution in [0.1, 0.15) is 53.9 Å². The first-order valence-corrected chi connectivity index (χ1v) is 12.6. The molecule has 182 valence electrons. The van der Waals surface area contributed by atoms with Gasteiger partial charge in [-0.2, -0.15) is 11.8 Å².